The van der Waals surface area contributed by atoms with Crippen molar-refractivity contribution in [1.82, 2.24) is 15.0 Å². The summed E-state index contributed by atoms with van der Waals surface area (Å²) in [5.74, 6) is 1.93. The van der Waals surface area contributed by atoms with Gasteiger partial charge in [-0.1, -0.05) is 176 Å². The molecule has 11 aromatic rings. The topological polar surface area (TPSA) is 38.7 Å². The fourth-order valence-electron chi connectivity index (χ4n) is 8.23. The molecule has 3 nitrogen and oxygen atoms in total. The van der Waals surface area contributed by atoms with Crippen LogP contribution in [0.5, 0.6) is 0 Å². The van der Waals surface area contributed by atoms with Gasteiger partial charge in [0.2, 0.25) is 0 Å². The van der Waals surface area contributed by atoms with Crippen LogP contribution in [0.1, 0.15) is 0 Å². The second kappa shape index (κ2) is 13.1. The van der Waals surface area contributed by atoms with Gasteiger partial charge in [-0.2, -0.15) is 0 Å². The average Bonchev–Trinajstić information content (AvgIpc) is 3.28. The summed E-state index contributed by atoms with van der Waals surface area (Å²) < 4.78 is 0. The maximum absolute atomic E-state index is 5.26. The first-order valence-electron chi connectivity index (χ1n) is 19.0. The van der Waals surface area contributed by atoms with E-state index >= 15 is 0 Å². The van der Waals surface area contributed by atoms with Gasteiger partial charge in [-0.05, 0) is 95.0 Å². The smallest absolute Gasteiger partial charge is 0.164 e. The molecule has 260 valence electrons. The number of nitrogens with zero attached hydrogens (tertiary/aromatic N) is 3. The molecule has 11 rings (SSSR count). The van der Waals surface area contributed by atoms with Crippen molar-refractivity contribution >= 4 is 53.9 Å². The summed E-state index contributed by atoms with van der Waals surface area (Å²) in [5.41, 5.74) is 7.55. The van der Waals surface area contributed by atoms with Crippen molar-refractivity contribution in [2.24, 2.45) is 0 Å². The standard InChI is InChI=1S/C53H33N3/c1-2-10-34(11-3-1)39-23-24-42-31-40(25-26-41(42)30-39)38-15-8-16-44(32-38)51-54-52(45-28-29-47-43(33-45)27-21-35-12-4-6-17-46(35)47)56-53(55-51)49-19-9-14-37-22-20-36-13-5-7-18-48(36)50(37)49/h1-33H. The van der Waals surface area contributed by atoms with Gasteiger partial charge in [0.15, 0.2) is 17.5 Å². The van der Waals surface area contributed by atoms with E-state index in [0.717, 1.165) is 44.0 Å². The van der Waals surface area contributed by atoms with Crippen LogP contribution in [0.2, 0.25) is 0 Å². The summed E-state index contributed by atoms with van der Waals surface area (Å²) in [6, 6.07) is 71.3. The molecule has 0 N–H and O–H groups in total. The number of aromatic nitrogens is 3. The van der Waals surface area contributed by atoms with Crippen LogP contribution in [0.3, 0.4) is 0 Å². The van der Waals surface area contributed by atoms with Gasteiger partial charge in [0.25, 0.3) is 0 Å². The molecule has 56 heavy (non-hydrogen) atoms. The van der Waals surface area contributed by atoms with E-state index in [0.29, 0.717) is 17.5 Å². The van der Waals surface area contributed by atoms with Crippen molar-refractivity contribution in [3.63, 3.8) is 0 Å². The lowest BCUT2D eigenvalue weighted by atomic mass is 9.96. The molecule has 0 spiro atoms. The zero-order chi connectivity index (χ0) is 37.0. The first-order chi connectivity index (χ1) is 27.7. The third-order valence-electron chi connectivity index (χ3n) is 11.1. The van der Waals surface area contributed by atoms with Crippen LogP contribution in [0.25, 0.3) is 110 Å². The molecule has 1 aromatic heterocycles. The Balaban J connectivity index is 1.07. The number of fused-ring (bicyclic) bond motifs is 7. The lowest BCUT2D eigenvalue weighted by Gasteiger charge is -2.13. The molecule has 0 atom stereocenters. The maximum atomic E-state index is 5.26. The molecule has 0 fully saturated rings. The Bertz CT molecular complexity index is 3310. The summed E-state index contributed by atoms with van der Waals surface area (Å²) >= 11 is 0. The zero-order valence-electron chi connectivity index (χ0n) is 30.4. The van der Waals surface area contributed by atoms with Gasteiger partial charge in [-0.3, -0.25) is 0 Å². The lowest BCUT2D eigenvalue weighted by Crippen LogP contribution is -2.01. The second-order valence-corrected chi connectivity index (χ2v) is 14.4. The quantitative estimate of drug-likeness (QED) is 0.167. The number of rotatable bonds is 5. The molecule has 3 heteroatoms. The molecule has 0 saturated carbocycles. The second-order valence-electron chi connectivity index (χ2n) is 14.4. The minimum atomic E-state index is 0.635. The largest absolute Gasteiger partial charge is 0.208 e. The van der Waals surface area contributed by atoms with E-state index in [2.05, 4.69) is 200 Å². The van der Waals surface area contributed by atoms with Crippen molar-refractivity contribution in [1.29, 1.82) is 0 Å². The van der Waals surface area contributed by atoms with Crippen molar-refractivity contribution in [3.05, 3.63) is 200 Å². The van der Waals surface area contributed by atoms with E-state index in [1.807, 2.05) is 0 Å². The van der Waals surface area contributed by atoms with Crippen LogP contribution < -0.4 is 0 Å². The molecule has 0 aliphatic rings. The Labute approximate surface area is 324 Å². The Kier molecular flexibility index (Phi) is 7.49. The van der Waals surface area contributed by atoms with E-state index in [4.69, 9.17) is 15.0 Å². The van der Waals surface area contributed by atoms with Gasteiger partial charge in [0.1, 0.15) is 0 Å². The Hall–Kier alpha value is -7.49. The van der Waals surface area contributed by atoms with Crippen LogP contribution in [-0.2, 0) is 0 Å². The predicted molar refractivity (Wildman–Crippen MR) is 235 cm³/mol. The summed E-state index contributed by atoms with van der Waals surface area (Å²) in [7, 11) is 0. The highest BCUT2D eigenvalue weighted by Crippen LogP contribution is 2.37. The van der Waals surface area contributed by atoms with Crippen molar-refractivity contribution in [3.8, 4) is 56.4 Å². The summed E-state index contributed by atoms with van der Waals surface area (Å²) in [4.78, 5) is 15.7. The molecular weight excluding hydrogens is 679 g/mol. The van der Waals surface area contributed by atoms with Gasteiger partial charge in [-0.15, -0.1) is 0 Å². The Morgan fingerprint density at radius 3 is 1.48 bits per heavy atom. The van der Waals surface area contributed by atoms with Crippen molar-refractivity contribution < 1.29 is 0 Å². The summed E-state index contributed by atoms with van der Waals surface area (Å²) in [5, 5.41) is 11.9. The van der Waals surface area contributed by atoms with Gasteiger partial charge in [0.05, 0.1) is 0 Å². The van der Waals surface area contributed by atoms with Gasteiger partial charge in [0, 0.05) is 22.1 Å². The van der Waals surface area contributed by atoms with Gasteiger partial charge >= 0.3 is 0 Å². The molecule has 0 aliphatic heterocycles. The molecular formula is C53H33N3. The Morgan fingerprint density at radius 1 is 0.232 bits per heavy atom. The summed E-state index contributed by atoms with van der Waals surface area (Å²) in [6.07, 6.45) is 0. The lowest BCUT2D eigenvalue weighted by molar-refractivity contribution is 1.08. The number of benzene rings is 10. The number of hydrogen-bond donors (Lipinski definition) is 0. The van der Waals surface area contributed by atoms with E-state index in [9.17, 15) is 0 Å². The van der Waals surface area contributed by atoms with E-state index < -0.39 is 0 Å². The third kappa shape index (κ3) is 5.57. The molecule has 10 aromatic carbocycles. The normalized spacial score (nSPS) is 11.6. The van der Waals surface area contributed by atoms with E-state index in [1.54, 1.807) is 0 Å². The highest BCUT2D eigenvalue weighted by molar-refractivity contribution is 6.14. The maximum Gasteiger partial charge on any atom is 0.164 e. The molecule has 0 aliphatic carbocycles. The zero-order valence-corrected chi connectivity index (χ0v) is 30.4. The molecule has 0 unspecified atom stereocenters. The van der Waals surface area contributed by atoms with Gasteiger partial charge < -0.3 is 0 Å². The average molecular weight is 712 g/mol. The molecule has 0 saturated heterocycles. The predicted octanol–water partition coefficient (Wildman–Crippen LogP) is 14.0. The SMILES string of the molecule is c1ccc(-c2ccc3cc(-c4cccc(-c5nc(-c6ccc7c(ccc8ccccc87)c6)nc(-c6cccc7ccc8ccccc8c67)n5)c4)ccc3c2)cc1. The minimum Gasteiger partial charge on any atom is -0.208 e. The molecule has 0 bridgehead atoms. The molecule has 1 heterocycles. The fourth-order valence-corrected chi connectivity index (χ4v) is 8.23. The van der Waals surface area contributed by atoms with E-state index in [-0.39, 0.29) is 0 Å². The highest BCUT2D eigenvalue weighted by atomic mass is 15.0. The molecule has 0 radical (unpaired) electrons. The first-order valence-corrected chi connectivity index (χ1v) is 19.0. The molecule has 0 amide bonds. The van der Waals surface area contributed by atoms with Crippen LogP contribution in [0.15, 0.2) is 200 Å². The number of hydrogen-bond acceptors (Lipinski definition) is 3. The van der Waals surface area contributed by atoms with Crippen LogP contribution in [0.4, 0.5) is 0 Å². The van der Waals surface area contributed by atoms with Crippen molar-refractivity contribution in [2.75, 3.05) is 0 Å². The van der Waals surface area contributed by atoms with Crippen LogP contribution in [0, 0.1) is 0 Å². The van der Waals surface area contributed by atoms with Crippen LogP contribution >= 0.6 is 0 Å². The van der Waals surface area contributed by atoms with Crippen LogP contribution in [-0.4, -0.2) is 15.0 Å². The van der Waals surface area contributed by atoms with Gasteiger partial charge in [-0.25, -0.2) is 15.0 Å². The highest BCUT2D eigenvalue weighted by Gasteiger charge is 2.17. The Morgan fingerprint density at radius 2 is 0.696 bits per heavy atom. The summed E-state index contributed by atoms with van der Waals surface area (Å²) in [6.45, 7) is 0. The third-order valence-corrected chi connectivity index (χ3v) is 11.1. The monoisotopic (exact) mass is 711 g/mol. The fraction of sp³-hybridized carbons (Fsp3) is 0. The first kappa shape index (κ1) is 32.0. The van der Waals surface area contributed by atoms with Crippen molar-refractivity contribution in [2.45, 2.75) is 0 Å². The van der Waals surface area contributed by atoms with E-state index in [1.165, 1.54) is 48.8 Å². The minimum absolute atomic E-state index is 0.635.